The third kappa shape index (κ3) is 2.95. The molecule has 2 saturated carbocycles. The van der Waals surface area contributed by atoms with Crippen LogP contribution in [0.4, 0.5) is 0 Å². The lowest BCUT2D eigenvalue weighted by Gasteiger charge is -2.40. The lowest BCUT2D eigenvalue weighted by atomic mass is 9.70. The van der Waals surface area contributed by atoms with Crippen LogP contribution in [0.25, 0.3) is 0 Å². The highest BCUT2D eigenvalue weighted by molar-refractivity contribution is 7.89. The highest BCUT2D eigenvalue weighted by Gasteiger charge is 2.65. The molecule has 1 amide bonds. The van der Waals surface area contributed by atoms with Gasteiger partial charge in [-0.05, 0) is 37.0 Å². The number of hydrogen-bond acceptors (Lipinski definition) is 5. The third-order valence-electron chi connectivity index (χ3n) is 7.72. The molecular weight excluding hydrogens is 368 g/mol. The highest BCUT2D eigenvalue weighted by Crippen LogP contribution is 2.64. The van der Waals surface area contributed by atoms with Crippen molar-refractivity contribution in [3.63, 3.8) is 0 Å². The summed E-state index contributed by atoms with van der Waals surface area (Å²) in [5, 5.41) is 0. The van der Waals surface area contributed by atoms with Crippen molar-refractivity contribution in [1.29, 1.82) is 0 Å². The molecule has 2 aliphatic carbocycles. The van der Waals surface area contributed by atoms with Crippen LogP contribution in [-0.4, -0.2) is 74.0 Å². The molecule has 3 unspecified atom stereocenters. The predicted octanol–water partition coefficient (Wildman–Crippen LogP) is 1.03. The Morgan fingerprint density at radius 2 is 1.89 bits per heavy atom. The van der Waals surface area contributed by atoms with E-state index in [1.807, 2.05) is 0 Å². The van der Waals surface area contributed by atoms with Gasteiger partial charge in [0.1, 0.15) is 11.9 Å². The summed E-state index contributed by atoms with van der Waals surface area (Å²) in [6, 6.07) is 0. The first-order chi connectivity index (χ1) is 12.7. The van der Waals surface area contributed by atoms with Crippen molar-refractivity contribution in [1.82, 2.24) is 9.21 Å². The number of rotatable bonds is 4. The van der Waals surface area contributed by atoms with Crippen molar-refractivity contribution in [3.05, 3.63) is 0 Å². The number of ketones is 1. The average Bonchev–Trinajstić information content (AvgIpc) is 3.28. The minimum absolute atomic E-state index is 0.0196. The number of fused-ring (bicyclic) bond motifs is 2. The van der Waals surface area contributed by atoms with Gasteiger partial charge in [-0.1, -0.05) is 13.8 Å². The first-order valence-corrected chi connectivity index (χ1v) is 11.7. The molecule has 2 bridgehead atoms. The van der Waals surface area contributed by atoms with E-state index in [0.29, 0.717) is 51.5 Å². The Morgan fingerprint density at radius 3 is 2.41 bits per heavy atom. The lowest BCUT2D eigenvalue weighted by molar-refractivity contribution is -0.142. The molecule has 0 aromatic carbocycles. The molecule has 152 valence electrons. The van der Waals surface area contributed by atoms with Crippen LogP contribution in [0.1, 0.15) is 46.0 Å². The van der Waals surface area contributed by atoms with E-state index >= 15 is 0 Å². The standard InChI is InChI=1S/C19H30N2O5S/c1-18(2)14-5-6-19(18,16(22)12-14)13-27(24,25)21-9-7-20(8-10-21)17(23)15-4-3-11-26-15/h14-15H,3-13H2,1-2H3. The van der Waals surface area contributed by atoms with Crippen molar-refractivity contribution in [2.75, 3.05) is 38.5 Å². The van der Waals surface area contributed by atoms with Crippen LogP contribution in [0.2, 0.25) is 0 Å². The topological polar surface area (TPSA) is 84.0 Å². The molecule has 0 spiro atoms. The number of nitrogens with zero attached hydrogens (tertiary/aromatic N) is 2. The van der Waals surface area contributed by atoms with E-state index in [2.05, 4.69) is 13.8 Å². The third-order valence-corrected chi connectivity index (χ3v) is 9.73. The molecule has 2 heterocycles. The molecule has 7 nitrogen and oxygen atoms in total. The molecule has 8 heteroatoms. The van der Waals surface area contributed by atoms with Gasteiger partial charge in [-0.15, -0.1) is 0 Å². The summed E-state index contributed by atoms with van der Waals surface area (Å²) < 4.78 is 33.2. The summed E-state index contributed by atoms with van der Waals surface area (Å²) in [7, 11) is -3.54. The fourth-order valence-electron chi connectivity index (χ4n) is 5.67. The second-order valence-electron chi connectivity index (χ2n) is 9.15. The van der Waals surface area contributed by atoms with E-state index in [1.165, 1.54) is 4.31 Å². The van der Waals surface area contributed by atoms with Crippen LogP contribution < -0.4 is 0 Å². The molecule has 27 heavy (non-hydrogen) atoms. The molecule has 0 aromatic heterocycles. The summed E-state index contributed by atoms with van der Waals surface area (Å²) in [6.07, 6.45) is 3.43. The quantitative estimate of drug-likeness (QED) is 0.706. The van der Waals surface area contributed by atoms with Gasteiger partial charge >= 0.3 is 0 Å². The Hall–Kier alpha value is -0.990. The van der Waals surface area contributed by atoms with Crippen LogP contribution in [0.5, 0.6) is 0 Å². The number of carbonyl (C=O) groups excluding carboxylic acids is 2. The maximum Gasteiger partial charge on any atom is 0.251 e. The van der Waals surface area contributed by atoms with E-state index in [0.717, 1.165) is 19.3 Å². The predicted molar refractivity (Wildman–Crippen MR) is 99.5 cm³/mol. The SMILES string of the molecule is CC1(C)C2CCC1(CS(=O)(=O)N1CCN(C(=O)C3CCCO3)CC1)C(=O)C2. The molecular formula is C19H30N2O5S. The Morgan fingerprint density at radius 1 is 1.19 bits per heavy atom. The van der Waals surface area contributed by atoms with Gasteiger partial charge in [0, 0.05) is 44.6 Å². The summed E-state index contributed by atoms with van der Waals surface area (Å²) in [5.74, 6) is 0.330. The van der Waals surface area contributed by atoms with Crippen molar-refractivity contribution in [2.45, 2.75) is 52.1 Å². The summed E-state index contributed by atoms with van der Waals surface area (Å²) in [4.78, 5) is 26.8. The van der Waals surface area contributed by atoms with Gasteiger partial charge in [-0.25, -0.2) is 8.42 Å². The van der Waals surface area contributed by atoms with Crippen molar-refractivity contribution >= 4 is 21.7 Å². The number of sulfonamides is 1. The Balaban J connectivity index is 1.42. The molecule has 3 atom stereocenters. The van der Waals surface area contributed by atoms with Gasteiger partial charge in [0.2, 0.25) is 10.0 Å². The number of Topliss-reactive ketones (excluding diaryl/α,β-unsaturated/α-hetero) is 1. The normalized spacial score (nSPS) is 36.5. The van der Waals surface area contributed by atoms with Gasteiger partial charge < -0.3 is 9.64 Å². The van der Waals surface area contributed by atoms with E-state index in [-0.39, 0.29) is 29.0 Å². The van der Waals surface area contributed by atoms with Gasteiger partial charge in [0.15, 0.2) is 0 Å². The monoisotopic (exact) mass is 398 g/mol. The average molecular weight is 399 g/mol. The van der Waals surface area contributed by atoms with Crippen molar-refractivity contribution in [2.24, 2.45) is 16.7 Å². The summed E-state index contributed by atoms with van der Waals surface area (Å²) in [6.45, 7) is 6.13. The number of piperazine rings is 1. The molecule has 4 fully saturated rings. The van der Waals surface area contributed by atoms with E-state index < -0.39 is 15.4 Å². The zero-order valence-corrected chi connectivity index (χ0v) is 17.1. The molecule has 2 saturated heterocycles. The number of ether oxygens (including phenoxy) is 1. The van der Waals surface area contributed by atoms with Crippen LogP contribution >= 0.6 is 0 Å². The fraction of sp³-hybridized carbons (Fsp3) is 0.895. The van der Waals surface area contributed by atoms with Gasteiger partial charge in [-0.3, -0.25) is 9.59 Å². The molecule has 4 aliphatic rings. The maximum absolute atomic E-state index is 13.1. The molecule has 0 aromatic rings. The van der Waals surface area contributed by atoms with Crippen LogP contribution in [0.3, 0.4) is 0 Å². The zero-order chi connectivity index (χ0) is 19.4. The largest absolute Gasteiger partial charge is 0.368 e. The first-order valence-electron chi connectivity index (χ1n) is 10.1. The van der Waals surface area contributed by atoms with E-state index in [4.69, 9.17) is 4.74 Å². The van der Waals surface area contributed by atoms with Crippen LogP contribution in [0.15, 0.2) is 0 Å². The Bertz CT molecular complexity index is 735. The van der Waals surface area contributed by atoms with Gasteiger partial charge in [-0.2, -0.15) is 4.31 Å². The second-order valence-corrected chi connectivity index (χ2v) is 11.1. The molecule has 2 aliphatic heterocycles. The molecule has 0 radical (unpaired) electrons. The van der Waals surface area contributed by atoms with Crippen LogP contribution in [0, 0.1) is 16.7 Å². The summed E-state index contributed by atoms with van der Waals surface area (Å²) in [5.41, 5.74) is -0.990. The Kier molecular flexibility index (Phi) is 4.67. The number of amides is 1. The van der Waals surface area contributed by atoms with E-state index in [1.54, 1.807) is 4.90 Å². The van der Waals surface area contributed by atoms with Crippen LogP contribution in [-0.2, 0) is 24.3 Å². The molecule has 4 rings (SSSR count). The van der Waals surface area contributed by atoms with Gasteiger partial charge in [0.05, 0.1) is 5.75 Å². The smallest absolute Gasteiger partial charge is 0.251 e. The second kappa shape index (κ2) is 6.52. The minimum Gasteiger partial charge on any atom is -0.368 e. The minimum atomic E-state index is -3.54. The highest BCUT2D eigenvalue weighted by atomic mass is 32.2. The maximum atomic E-state index is 13.1. The van der Waals surface area contributed by atoms with Crippen molar-refractivity contribution < 1.29 is 22.7 Å². The summed E-state index contributed by atoms with van der Waals surface area (Å²) >= 11 is 0. The number of carbonyl (C=O) groups is 2. The number of hydrogen-bond donors (Lipinski definition) is 0. The zero-order valence-electron chi connectivity index (χ0n) is 16.3. The van der Waals surface area contributed by atoms with Gasteiger partial charge in [0.25, 0.3) is 5.91 Å². The Labute approximate surface area is 161 Å². The van der Waals surface area contributed by atoms with Crippen molar-refractivity contribution in [3.8, 4) is 0 Å². The van der Waals surface area contributed by atoms with E-state index in [9.17, 15) is 18.0 Å². The fourth-order valence-corrected chi connectivity index (χ4v) is 7.88. The first kappa shape index (κ1) is 19.3. The lowest BCUT2D eigenvalue weighted by Crippen LogP contribution is -2.55. The molecule has 0 N–H and O–H groups in total.